The Kier molecular flexibility index (Phi) is 5.33. The molecule has 1 saturated carbocycles. The first-order valence-corrected chi connectivity index (χ1v) is 11.9. The highest BCUT2D eigenvalue weighted by molar-refractivity contribution is 7.09. The van der Waals surface area contributed by atoms with Gasteiger partial charge in [-0.3, -0.25) is 9.69 Å². The third-order valence-electron chi connectivity index (χ3n) is 6.82. The van der Waals surface area contributed by atoms with Gasteiger partial charge in [0.25, 0.3) is 5.56 Å². The van der Waals surface area contributed by atoms with Gasteiger partial charge in [-0.05, 0) is 69.5 Å². The summed E-state index contributed by atoms with van der Waals surface area (Å²) in [5, 5.41) is 8.29. The lowest BCUT2D eigenvalue weighted by Gasteiger charge is -2.31. The molecule has 0 amide bonds. The number of piperidine rings is 1. The van der Waals surface area contributed by atoms with Crippen LogP contribution in [0.15, 0.2) is 16.2 Å². The topological polar surface area (TPSA) is 51.0 Å². The van der Waals surface area contributed by atoms with Crippen LogP contribution in [-0.4, -0.2) is 32.8 Å². The second kappa shape index (κ2) is 8.07. The lowest BCUT2D eigenvalue weighted by atomic mass is 9.96. The maximum atomic E-state index is 12.4. The molecule has 1 saturated heterocycles. The van der Waals surface area contributed by atoms with Crippen LogP contribution in [0.5, 0.6) is 0 Å². The van der Waals surface area contributed by atoms with Gasteiger partial charge in [0, 0.05) is 30.5 Å². The minimum Gasteiger partial charge on any atom is -0.297 e. The fourth-order valence-corrected chi connectivity index (χ4v) is 6.11. The van der Waals surface area contributed by atoms with Gasteiger partial charge in [0.15, 0.2) is 0 Å². The zero-order chi connectivity index (χ0) is 18.9. The van der Waals surface area contributed by atoms with E-state index < -0.39 is 0 Å². The van der Waals surface area contributed by atoms with Crippen molar-refractivity contribution >= 4 is 11.3 Å². The van der Waals surface area contributed by atoms with E-state index in [1.54, 1.807) is 4.68 Å². The summed E-state index contributed by atoms with van der Waals surface area (Å²) in [5.41, 5.74) is 3.67. The summed E-state index contributed by atoms with van der Waals surface area (Å²) < 4.78 is 1.73. The van der Waals surface area contributed by atoms with Crippen LogP contribution in [0.25, 0.3) is 0 Å². The van der Waals surface area contributed by atoms with Crippen LogP contribution in [0.4, 0.5) is 0 Å². The number of nitrogens with zero attached hydrogens (tertiary/aromatic N) is 4. The Bertz CT molecular complexity index is 875. The summed E-state index contributed by atoms with van der Waals surface area (Å²) >= 11 is 1.86. The molecule has 2 aromatic rings. The van der Waals surface area contributed by atoms with Crippen LogP contribution in [0.2, 0.25) is 0 Å². The molecule has 0 spiro atoms. The van der Waals surface area contributed by atoms with Crippen LogP contribution < -0.4 is 5.56 Å². The van der Waals surface area contributed by atoms with Gasteiger partial charge in [-0.2, -0.15) is 5.10 Å². The van der Waals surface area contributed by atoms with E-state index in [0.717, 1.165) is 69.9 Å². The summed E-state index contributed by atoms with van der Waals surface area (Å²) in [5.74, 6) is 1.29. The van der Waals surface area contributed by atoms with E-state index in [2.05, 4.69) is 15.4 Å². The average molecular weight is 399 g/mol. The second-order valence-electron chi connectivity index (χ2n) is 8.87. The molecule has 0 bridgehead atoms. The van der Waals surface area contributed by atoms with Gasteiger partial charge in [0.1, 0.15) is 0 Å². The molecule has 0 radical (unpaired) electrons. The Morgan fingerprint density at radius 3 is 2.71 bits per heavy atom. The molecule has 6 heteroatoms. The van der Waals surface area contributed by atoms with Crippen LogP contribution in [0.3, 0.4) is 0 Å². The summed E-state index contributed by atoms with van der Waals surface area (Å²) in [6.07, 6.45) is 10.9. The first-order chi connectivity index (χ1) is 13.7. The van der Waals surface area contributed by atoms with Crippen molar-refractivity contribution in [1.82, 2.24) is 19.7 Å². The third-order valence-corrected chi connectivity index (χ3v) is 7.88. The van der Waals surface area contributed by atoms with Crippen LogP contribution in [0.1, 0.15) is 72.8 Å². The highest BCUT2D eigenvalue weighted by atomic mass is 32.1. The molecule has 5 nitrogen and oxygen atoms in total. The van der Waals surface area contributed by atoms with Crippen molar-refractivity contribution in [2.45, 2.75) is 76.8 Å². The van der Waals surface area contributed by atoms with Crippen molar-refractivity contribution in [2.75, 3.05) is 13.1 Å². The van der Waals surface area contributed by atoms with Crippen molar-refractivity contribution in [2.24, 2.45) is 5.92 Å². The van der Waals surface area contributed by atoms with E-state index in [4.69, 9.17) is 4.98 Å². The summed E-state index contributed by atoms with van der Waals surface area (Å²) in [6.45, 7) is 3.96. The van der Waals surface area contributed by atoms with E-state index >= 15 is 0 Å². The molecular weight excluding hydrogens is 368 g/mol. The molecule has 3 aliphatic rings. The summed E-state index contributed by atoms with van der Waals surface area (Å²) in [4.78, 5) is 19.8. The first kappa shape index (κ1) is 18.5. The lowest BCUT2D eigenvalue weighted by molar-refractivity contribution is 0.162. The van der Waals surface area contributed by atoms with Crippen molar-refractivity contribution < 1.29 is 0 Å². The standard InChI is InChI=1S/C22H30N4OS/c27-21-12-18-6-3-7-20(18)24-26(21)13-16-8-10-25(11-9-16)14-19-15-28-22(23-19)17-4-1-2-5-17/h12,15-17H,1-11,13-14H2. The summed E-state index contributed by atoms with van der Waals surface area (Å²) in [6, 6.07) is 1.83. The number of hydrogen-bond donors (Lipinski definition) is 0. The van der Waals surface area contributed by atoms with Gasteiger partial charge in [0.05, 0.1) is 16.4 Å². The molecule has 150 valence electrons. The quantitative estimate of drug-likeness (QED) is 0.770. The maximum absolute atomic E-state index is 12.4. The average Bonchev–Trinajstić information content (AvgIpc) is 3.44. The van der Waals surface area contributed by atoms with E-state index in [9.17, 15) is 4.79 Å². The fourth-order valence-electron chi connectivity index (χ4n) is 5.13. The Labute approximate surface area is 170 Å². The molecule has 28 heavy (non-hydrogen) atoms. The smallest absolute Gasteiger partial charge is 0.267 e. The largest absolute Gasteiger partial charge is 0.297 e. The maximum Gasteiger partial charge on any atom is 0.267 e. The Morgan fingerprint density at radius 2 is 1.89 bits per heavy atom. The number of rotatable bonds is 5. The van der Waals surface area contributed by atoms with Gasteiger partial charge in [-0.25, -0.2) is 9.67 Å². The minimum absolute atomic E-state index is 0.0880. The zero-order valence-corrected chi connectivity index (χ0v) is 17.4. The minimum atomic E-state index is 0.0880. The third kappa shape index (κ3) is 3.94. The second-order valence-corrected chi connectivity index (χ2v) is 9.76. The SMILES string of the molecule is O=c1cc2c(nn1CC1CCN(Cc3csc(C4CCCC4)n3)CC1)CCC2. The number of aryl methyl sites for hydroxylation is 2. The molecule has 0 unspecified atom stereocenters. The van der Waals surface area contributed by atoms with Crippen LogP contribution in [-0.2, 0) is 25.9 Å². The molecule has 3 heterocycles. The van der Waals surface area contributed by atoms with E-state index in [0.29, 0.717) is 5.92 Å². The van der Waals surface area contributed by atoms with E-state index in [1.807, 2.05) is 17.4 Å². The molecular formula is C22H30N4OS. The zero-order valence-electron chi connectivity index (χ0n) is 16.6. The predicted octanol–water partition coefficient (Wildman–Crippen LogP) is 3.76. The highest BCUT2D eigenvalue weighted by Gasteiger charge is 2.24. The number of hydrogen-bond acceptors (Lipinski definition) is 5. The molecule has 2 aromatic heterocycles. The van der Waals surface area contributed by atoms with Gasteiger partial charge in [-0.1, -0.05) is 12.8 Å². The molecule has 0 atom stereocenters. The molecule has 2 aliphatic carbocycles. The van der Waals surface area contributed by atoms with Gasteiger partial charge < -0.3 is 0 Å². The number of fused-ring (bicyclic) bond motifs is 1. The molecule has 1 aliphatic heterocycles. The van der Waals surface area contributed by atoms with Crippen molar-refractivity contribution in [3.05, 3.63) is 43.8 Å². The summed E-state index contributed by atoms with van der Waals surface area (Å²) in [7, 11) is 0. The van der Waals surface area contributed by atoms with Crippen LogP contribution >= 0.6 is 11.3 Å². The Morgan fingerprint density at radius 1 is 1.07 bits per heavy atom. The van der Waals surface area contributed by atoms with E-state index in [1.165, 1.54) is 41.9 Å². The fraction of sp³-hybridized carbons (Fsp3) is 0.682. The van der Waals surface area contributed by atoms with E-state index in [-0.39, 0.29) is 5.56 Å². The lowest BCUT2D eigenvalue weighted by Crippen LogP contribution is -2.36. The van der Waals surface area contributed by atoms with Crippen molar-refractivity contribution in [1.29, 1.82) is 0 Å². The number of thiazole rings is 1. The predicted molar refractivity (Wildman–Crippen MR) is 112 cm³/mol. The van der Waals surface area contributed by atoms with Gasteiger partial charge in [0.2, 0.25) is 0 Å². The molecule has 0 aromatic carbocycles. The highest BCUT2D eigenvalue weighted by Crippen LogP contribution is 2.35. The Balaban J connectivity index is 1.14. The van der Waals surface area contributed by atoms with Crippen molar-refractivity contribution in [3.63, 3.8) is 0 Å². The monoisotopic (exact) mass is 398 g/mol. The first-order valence-electron chi connectivity index (χ1n) is 11.0. The number of aromatic nitrogens is 3. The van der Waals surface area contributed by atoms with Crippen LogP contribution in [0, 0.1) is 5.92 Å². The molecule has 0 N–H and O–H groups in total. The Hall–Kier alpha value is -1.53. The normalized spacial score (nSPS) is 21.4. The molecule has 5 rings (SSSR count). The molecule has 2 fully saturated rings. The van der Waals surface area contributed by atoms with Crippen molar-refractivity contribution in [3.8, 4) is 0 Å². The van der Waals surface area contributed by atoms with Gasteiger partial charge >= 0.3 is 0 Å². The van der Waals surface area contributed by atoms with Gasteiger partial charge in [-0.15, -0.1) is 11.3 Å². The number of likely N-dealkylation sites (tertiary alicyclic amines) is 1.